The second-order valence-electron chi connectivity index (χ2n) is 4.36. The fraction of sp³-hybridized carbons (Fsp3) is 0.611. The van der Waals surface area contributed by atoms with Crippen molar-refractivity contribution in [2.24, 2.45) is 0 Å². The Morgan fingerprint density at radius 3 is 2.25 bits per heavy atom. The van der Waals surface area contributed by atoms with Crippen molar-refractivity contribution in [2.45, 2.75) is 74.3 Å². The maximum absolute atomic E-state index is 4.55. The summed E-state index contributed by atoms with van der Waals surface area (Å²) >= 11 is 0. The number of unbranched alkanes of at least 4 members (excludes halogenated alkanes) is 1. The zero-order valence-corrected chi connectivity index (χ0v) is 14.5. The Kier molecular flexibility index (Phi) is 9.79. The van der Waals surface area contributed by atoms with Gasteiger partial charge in [-0.25, -0.2) is 0 Å². The quantitative estimate of drug-likeness (QED) is 0.694. The Morgan fingerprint density at radius 2 is 1.70 bits per heavy atom. The van der Waals surface area contributed by atoms with E-state index in [1.54, 1.807) is 0 Å². The number of hydrogen-bond acceptors (Lipinski definition) is 1. The van der Waals surface area contributed by atoms with Crippen molar-refractivity contribution in [3.63, 3.8) is 0 Å². The summed E-state index contributed by atoms with van der Waals surface area (Å²) in [4.78, 5) is 0. The maximum atomic E-state index is 4.55. The Balaban J connectivity index is 0.000000829. The molecule has 114 valence electrons. The van der Waals surface area contributed by atoms with Gasteiger partial charge in [0.15, 0.2) is 0 Å². The van der Waals surface area contributed by atoms with Gasteiger partial charge in [-0.2, -0.15) is 5.10 Å². The SMILES string of the molecule is CC.CC.CCCCc1ccc2c(c1)c(C)nn2CC. The summed E-state index contributed by atoms with van der Waals surface area (Å²) < 4.78 is 2.08. The molecule has 0 radical (unpaired) electrons. The van der Waals surface area contributed by atoms with Crippen molar-refractivity contribution in [1.29, 1.82) is 0 Å². The van der Waals surface area contributed by atoms with Crippen molar-refractivity contribution in [2.75, 3.05) is 0 Å². The smallest absolute Gasteiger partial charge is 0.0685 e. The summed E-state index contributed by atoms with van der Waals surface area (Å²) in [5, 5.41) is 5.86. The number of aromatic nitrogens is 2. The van der Waals surface area contributed by atoms with E-state index in [1.807, 2.05) is 27.7 Å². The minimum absolute atomic E-state index is 0.943. The Morgan fingerprint density at radius 1 is 1.05 bits per heavy atom. The van der Waals surface area contributed by atoms with E-state index in [0.717, 1.165) is 12.2 Å². The lowest BCUT2D eigenvalue weighted by Crippen LogP contribution is -1.95. The highest BCUT2D eigenvalue weighted by Crippen LogP contribution is 2.20. The summed E-state index contributed by atoms with van der Waals surface area (Å²) in [6, 6.07) is 6.76. The van der Waals surface area contributed by atoms with Crippen LogP contribution in [0.4, 0.5) is 0 Å². The molecule has 0 aliphatic heterocycles. The zero-order valence-electron chi connectivity index (χ0n) is 14.5. The average molecular weight is 276 g/mol. The van der Waals surface area contributed by atoms with Crippen LogP contribution in [-0.2, 0) is 13.0 Å². The lowest BCUT2D eigenvalue weighted by molar-refractivity contribution is 0.676. The average Bonchev–Trinajstić information content (AvgIpc) is 2.85. The number of rotatable bonds is 4. The van der Waals surface area contributed by atoms with Crippen molar-refractivity contribution >= 4 is 10.9 Å². The van der Waals surface area contributed by atoms with Gasteiger partial charge in [0.1, 0.15) is 0 Å². The molecule has 0 aliphatic carbocycles. The normalized spacial score (nSPS) is 9.55. The van der Waals surface area contributed by atoms with Crippen LogP contribution in [0.25, 0.3) is 10.9 Å². The first-order chi connectivity index (χ1) is 9.76. The van der Waals surface area contributed by atoms with E-state index < -0.39 is 0 Å². The second kappa shape index (κ2) is 10.5. The van der Waals surface area contributed by atoms with Gasteiger partial charge < -0.3 is 0 Å². The molecule has 0 amide bonds. The molecule has 0 aliphatic rings. The molecule has 0 saturated carbocycles. The van der Waals surface area contributed by atoms with Gasteiger partial charge in [-0.1, -0.05) is 47.1 Å². The molecule has 2 aromatic rings. The highest BCUT2D eigenvalue weighted by Gasteiger charge is 2.06. The first kappa shape index (κ1) is 18.7. The molecule has 2 rings (SSSR count). The van der Waals surface area contributed by atoms with E-state index in [2.05, 4.69) is 48.8 Å². The van der Waals surface area contributed by atoms with Gasteiger partial charge in [-0.3, -0.25) is 4.68 Å². The van der Waals surface area contributed by atoms with E-state index in [-0.39, 0.29) is 0 Å². The highest BCUT2D eigenvalue weighted by atomic mass is 15.3. The summed E-state index contributed by atoms with van der Waals surface area (Å²) in [6.07, 6.45) is 3.71. The summed E-state index contributed by atoms with van der Waals surface area (Å²) in [6.45, 7) is 15.4. The Hall–Kier alpha value is -1.31. The van der Waals surface area contributed by atoms with Crippen LogP contribution >= 0.6 is 0 Å². The van der Waals surface area contributed by atoms with Crippen molar-refractivity contribution in [3.05, 3.63) is 29.5 Å². The Bertz CT molecular complexity index is 483. The largest absolute Gasteiger partial charge is 0.265 e. The van der Waals surface area contributed by atoms with E-state index in [4.69, 9.17) is 0 Å². The molecule has 0 fully saturated rings. The number of hydrogen-bond donors (Lipinski definition) is 0. The summed E-state index contributed by atoms with van der Waals surface area (Å²) in [7, 11) is 0. The van der Waals surface area contributed by atoms with Crippen LogP contribution in [0.5, 0.6) is 0 Å². The van der Waals surface area contributed by atoms with E-state index in [1.165, 1.54) is 35.7 Å². The van der Waals surface area contributed by atoms with E-state index in [0.29, 0.717) is 0 Å². The monoisotopic (exact) mass is 276 g/mol. The predicted octanol–water partition coefficient (Wildman–Crippen LogP) is 5.76. The first-order valence-electron chi connectivity index (χ1n) is 8.22. The van der Waals surface area contributed by atoms with Crippen LogP contribution in [0.2, 0.25) is 0 Å². The topological polar surface area (TPSA) is 17.8 Å². The van der Waals surface area contributed by atoms with Crippen LogP contribution in [0, 0.1) is 6.92 Å². The number of nitrogens with zero attached hydrogens (tertiary/aromatic N) is 2. The van der Waals surface area contributed by atoms with E-state index in [9.17, 15) is 0 Å². The van der Waals surface area contributed by atoms with Crippen LogP contribution in [-0.4, -0.2) is 9.78 Å². The predicted molar refractivity (Wildman–Crippen MR) is 91.5 cm³/mol. The number of aryl methyl sites for hydroxylation is 3. The molecule has 1 aromatic heterocycles. The van der Waals surface area contributed by atoms with Crippen LogP contribution in [0.15, 0.2) is 18.2 Å². The highest BCUT2D eigenvalue weighted by molar-refractivity contribution is 5.82. The molecule has 0 saturated heterocycles. The van der Waals surface area contributed by atoms with Crippen LogP contribution in [0.3, 0.4) is 0 Å². The molecule has 1 aromatic carbocycles. The van der Waals surface area contributed by atoms with Crippen molar-refractivity contribution in [1.82, 2.24) is 9.78 Å². The van der Waals surface area contributed by atoms with Crippen LogP contribution in [0.1, 0.15) is 65.6 Å². The fourth-order valence-corrected chi connectivity index (χ4v) is 2.16. The molecule has 0 unspecified atom stereocenters. The lowest BCUT2D eigenvalue weighted by atomic mass is 10.1. The molecule has 1 heterocycles. The van der Waals surface area contributed by atoms with E-state index >= 15 is 0 Å². The summed E-state index contributed by atoms with van der Waals surface area (Å²) in [5.74, 6) is 0. The molecule has 0 spiro atoms. The van der Waals surface area contributed by atoms with Gasteiger partial charge in [-0.15, -0.1) is 0 Å². The summed E-state index contributed by atoms with van der Waals surface area (Å²) in [5.41, 5.74) is 3.85. The first-order valence-corrected chi connectivity index (χ1v) is 8.22. The van der Waals surface area contributed by atoms with Gasteiger partial charge in [-0.05, 0) is 44.4 Å². The number of benzene rings is 1. The second-order valence-corrected chi connectivity index (χ2v) is 4.36. The van der Waals surface area contributed by atoms with Gasteiger partial charge >= 0.3 is 0 Å². The van der Waals surface area contributed by atoms with Gasteiger partial charge in [0.05, 0.1) is 11.2 Å². The third-order valence-electron chi connectivity index (χ3n) is 3.12. The Labute approximate surface area is 125 Å². The van der Waals surface area contributed by atoms with Gasteiger partial charge in [0, 0.05) is 11.9 Å². The van der Waals surface area contributed by atoms with Crippen LogP contribution < -0.4 is 0 Å². The molecule has 0 atom stereocenters. The van der Waals surface area contributed by atoms with Crippen molar-refractivity contribution in [3.8, 4) is 0 Å². The zero-order chi connectivity index (χ0) is 15.5. The maximum Gasteiger partial charge on any atom is 0.0685 e. The van der Waals surface area contributed by atoms with Gasteiger partial charge in [0.25, 0.3) is 0 Å². The third kappa shape index (κ3) is 4.66. The minimum atomic E-state index is 0.943. The minimum Gasteiger partial charge on any atom is -0.265 e. The molecule has 2 nitrogen and oxygen atoms in total. The van der Waals surface area contributed by atoms with Gasteiger partial charge in [0.2, 0.25) is 0 Å². The molecule has 0 N–H and O–H groups in total. The molecule has 2 heteroatoms. The standard InChI is InChI=1S/C14H20N2.2C2H6/c1-4-6-7-12-8-9-14-13(10-12)11(3)15-16(14)5-2;2*1-2/h8-10H,4-7H2,1-3H3;2*1-2H3. The number of fused-ring (bicyclic) bond motifs is 1. The molecular weight excluding hydrogens is 244 g/mol. The molecule has 20 heavy (non-hydrogen) atoms. The fourth-order valence-electron chi connectivity index (χ4n) is 2.16. The lowest BCUT2D eigenvalue weighted by Gasteiger charge is -2.01. The third-order valence-corrected chi connectivity index (χ3v) is 3.12. The molecular formula is C18H32N2. The molecule has 0 bridgehead atoms. The van der Waals surface area contributed by atoms with Crippen molar-refractivity contribution < 1.29 is 0 Å².